The highest BCUT2D eigenvalue weighted by Gasteiger charge is 2.69. The minimum Gasteiger partial charge on any atom is -0.459 e. The largest absolute Gasteiger partial charge is 0.459 e. The molecule has 4 amide bonds. The summed E-state index contributed by atoms with van der Waals surface area (Å²) in [7, 11) is 0. The van der Waals surface area contributed by atoms with Crippen molar-refractivity contribution in [2.45, 2.75) is 43.7 Å². The van der Waals surface area contributed by atoms with E-state index in [1.165, 1.54) is 23.6 Å². The molecular weight excluding hydrogens is 656 g/mol. The van der Waals surface area contributed by atoms with E-state index in [1.807, 2.05) is 24.3 Å². The third-order valence-electron chi connectivity index (χ3n) is 10.7. The summed E-state index contributed by atoms with van der Waals surface area (Å²) < 4.78 is 22.8. The van der Waals surface area contributed by atoms with Gasteiger partial charge >= 0.3 is 11.9 Å². The molecule has 51 heavy (non-hydrogen) atoms. The number of esters is 2. The number of carbonyl (C=O) groups is 6. The first-order valence-corrected chi connectivity index (χ1v) is 16.7. The number of nitrogens with zero attached hydrogens (tertiary/aromatic N) is 2. The number of carbonyl (C=O) groups excluding carboxylic acids is 6. The molecule has 8 rings (SSSR count). The van der Waals surface area contributed by atoms with E-state index in [9.17, 15) is 28.8 Å². The highest BCUT2D eigenvalue weighted by atomic mass is 16.6. The van der Waals surface area contributed by atoms with E-state index < -0.39 is 70.8 Å². The molecule has 6 aliphatic rings. The molecule has 12 heteroatoms. The molecule has 4 bridgehead atoms. The van der Waals surface area contributed by atoms with Gasteiger partial charge in [-0.05, 0) is 67.8 Å². The van der Waals surface area contributed by atoms with Crippen LogP contribution in [-0.2, 0) is 54.1 Å². The van der Waals surface area contributed by atoms with Crippen molar-refractivity contribution in [3.63, 3.8) is 0 Å². The van der Waals surface area contributed by atoms with E-state index >= 15 is 0 Å². The molecule has 8 atom stereocenters. The predicted octanol–water partition coefficient (Wildman–Crippen LogP) is 3.14. The van der Waals surface area contributed by atoms with Crippen LogP contribution in [-0.4, -0.2) is 72.2 Å². The van der Waals surface area contributed by atoms with Crippen LogP contribution in [0.2, 0.25) is 0 Å². The highest BCUT2D eigenvalue weighted by Crippen LogP contribution is 2.54. The standard InChI is InChI=1S/C39H34N2O10/c1-20(2)36(46)48-18-38-15-13-26(50-38)28-30(38)34(44)40(32(28)42)24-9-5-22(6-10-24)17-23-7-11-25(12-8-23)41-33(43)29-27-14-16-39(51-27,31(29)35(41)45)19-49-37(47)21(3)4/h5-16,26-31H,1,3,17-19H2,2,4H3/t26?,27?,28-,29?,30?,31?,38?,39?/m0/s1. The van der Waals surface area contributed by atoms with Crippen LogP contribution in [0.15, 0.2) is 97.1 Å². The number of hydrogen-bond donors (Lipinski definition) is 0. The average Bonchev–Trinajstić information content (AvgIpc) is 3.95. The smallest absolute Gasteiger partial charge is 0.333 e. The Hall–Kier alpha value is -5.46. The van der Waals surface area contributed by atoms with Gasteiger partial charge in [0, 0.05) is 11.1 Å². The molecule has 6 heterocycles. The van der Waals surface area contributed by atoms with E-state index in [-0.39, 0.29) is 36.2 Å². The monoisotopic (exact) mass is 690 g/mol. The van der Waals surface area contributed by atoms with Crippen molar-refractivity contribution in [3.05, 3.63) is 108 Å². The van der Waals surface area contributed by atoms with Crippen LogP contribution in [0.4, 0.5) is 11.4 Å². The summed E-state index contributed by atoms with van der Waals surface area (Å²) in [5.74, 6) is -5.77. The van der Waals surface area contributed by atoms with Crippen molar-refractivity contribution in [2.24, 2.45) is 23.7 Å². The first kappa shape index (κ1) is 32.7. The summed E-state index contributed by atoms with van der Waals surface area (Å²) in [4.78, 5) is 80.9. The molecule has 0 N–H and O–H groups in total. The first-order valence-electron chi connectivity index (χ1n) is 16.7. The van der Waals surface area contributed by atoms with Crippen LogP contribution in [0.5, 0.6) is 0 Å². The Bertz CT molecular complexity index is 1870. The molecule has 0 saturated carbocycles. The van der Waals surface area contributed by atoms with Gasteiger partial charge in [0.15, 0.2) is 0 Å². The Balaban J connectivity index is 0.935. The number of imide groups is 2. The summed E-state index contributed by atoms with van der Waals surface area (Å²) in [5, 5.41) is 0. The summed E-state index contributed by atoms with van der Waals surface area (Å²) in [6.45, 7) is 9.84. The van der Waals surface area contributed by atoms with E-state index in [1.54, 1.807) is 48.6 Å². The molecule has 12 nitrogen and oxygen atoms in total. The SMILES string of the molecule is C=C(C)C(=O)OCC12C=CC(O1)C1C(=O)N(c3ccc(Cc4ccc(N5C(=O)C6[C@@H](C5=O)C5C=CC6(COC(=O)C(=C)C)O5)cc4)cc3)C(=O)C12. The van der Waals surface area contributed by atoms with Crippen LogP contribution < -0.4 is 9.80 Å². The second kappa shape index (κ2) is 11.5. The summed E-state index contributed by atoms with van der Waals surface area (Å²) in [6, 6.07) is 14.2. The Kier molecular flexibility index (Phi) is 7.41. The number of hydrogen-bond acceptors (Lipinski definition) is 10. The fraction of sp³-hybridized carbons (Fsp3) is 0.333. The van der Waals surface area contributed by atoms with Crippen LogP contribution in [0.25, 0.3) is 0 Å². The summed E-state index contributed by atoms with van der Waals surface area (Å²) in [6.07, 6.45) is 6.26. The zero-order valence-corrected chi connectivity index (χ0v) is 27.9. The van der Waals surface area contributed by atoms with Crippen LogP contribution in [0, 0.1) is 23.7 Å². The van der Waals surface area contributed by atoms with E-state index in [0.29, 0.717) is 17.8 Å². The molecule has 2 aromatic rings. The Morgan fingerprint density at radius 3 is 1.37 bits per heavy atom. The quantitative estimate of drug-likeness (QED) is 0.158. The molecule has 2 aromatic carbocycles. The number of ether oxygens (including phenoxy) is 4. The van der Waals surface area contributed by atoms with Gasteiger partial charge in [-0.25, -0.2) is 19.4 Å². The lowest BCUT2D eigenvalue weighted by Gasteiger charge is -2.28. The fourth-order valence-corrected chi connectivity index (χ4v) is 8.21. The number of anilines is 2. The summed E-state index contributed by atoms with van der Waals surface area (Å²) >= 11 is 0. The van der Waals surface area contributed by atoms with E-state index in [4.69, 9.17) is 18.9 Å². The van der Waals surface area contributed by atoms with Gasteiger partial charge < -0.3 is 18.9 Å². The zero-order valence-electron chi connectivity index (χ0n) is 27.9. The van der Waals surface area contributed by atoms with E-state index in [0.717, 1.165) is 11.1 Å². The van der Waals surface area contributed by atoms with Gasteiger partial charge in [-0.1, -0.05) is 49.6 Å². The molecule has 0 aromatic heterocycles. The Labute approximate surface area is 292 Å². The predicted molar refractivity (Wildman–Crippen MR) is 180 cm³/mol. The molecule has 0 spiro atoms. The second-order valence-electron chi connectivity index (χ2n) is 14.0. The molecular formula is C39H34N2O10. The van der Waals surface area contributed by atoms with Crippen LogP contribution in [0.3, 0.4) is 0 Å². The molecule has 6 aliphatic heterocycles. The van der Waals surface area contributed by atoms with Gasteiger partial charge in [-0.15, -0.1) is 0 Å². The number of rotatable bonds is 10. The maximum atomic E-state index is 13.7. The van der Waals surface area contributed by atoms with Crippen LogP contribution in [0.1, 0.15) is 25.0 Å². The van der Waals surface area contributed by atoms with Gasteiger partial charge in [0.05, 0.1) is 47.3 Å². The summed E-state index contributed by atoms with van der Waals surface area (Å²) in [5.41, 5.74) is 0.719. The number of fused-ring (bicyclic) bond motifs is 10. The third-order valence-corrected chi connectivity index (χ3v) is 10.7. The van der Waals surface area contributed by atoms with Crippen molar-refractivity contribution in [1.82, 2.24) is 0 Å². The molecule has 260 valence electrons. The van der Waals surface area contributed by atoms with Crippen molar-refractivity contribution in [1.29, 1.82) is 0 Å². The minimum atomic E-state index is -1.21. The van der Waals surface area contributed by atoms with Crippen molar-refractivity contribution in [3.8, 4) is 0 Å². The highest BCUT2D eigenvalue weighted by molar-refractivity contribution is 6.24. The maximum Gasteiger partial charge on any atom is 0.333 e. The van der Waals surface area contributed by atoms with Gasteiger partial charge in [-0.2, -0.15) is 0 Å². The van der Waals surface area contributed by atoms with Crippen LogP contribution >= 0.6 is 0 Å². The van der Waals surface area contributed by atoms with Gasteiger partial charge in [0.2, 0.25) is 23.6 Å². The number of amides is 4. The lowest BCUT2D eigenvalue weighted by Crippen LogP contribution is -2.44. The van der Waals surface area contributed by atoms with Crippen molar-refractivity contribution >= 4 is 46.9 Å². The van der Waals surface area contributed by atoms with Gasteiger partial charge in [0.1, 0.15) is 24.4 Å². The molecule has 4 saturated heterocycles. The fourth-order valence-electron chi connectivity index (χ4n) is 8.21. The maximum absolute atomic E-state index is 13.7. The van der Waals surface area contributed by atoms with Gasteiger partial charge in [0.25, 0.3) is 0 Å². The topological polar surface area (TPSA) is 146 Å². The molecule has 0 aliphatic carbocycles. The average molecular weight is 691 g/mol. The van der Waals surface area contributed by atoms with Crippen molar-refractivity contribution in [2.75, 3.05) is 23.0 Å². The minimum absolute atomic E-state index is 0.196. The lowest BCUT2D eigenvalue weighted by atomic mass is 9.77. The molecule has 0 radical (unpaired) electrons. The first-order chi connectivity index (χ1) is 24.3. The lowest BCUT2D eigenvalue weighted by molar-refractivity contribution is -0.149. The van der Waals surface area contributed by atoms with Gasteiger partial charge in [-0.3, -0.25) is 19.2 Å². The van der Waals surface area contributed by atoms with E-state index in [2.05, 4.69) is 13.2 Å². The Morgan fingerprint density at radius 1 is 0.647 bits per heavy atom. The second-order valence-corrected chi connectivity index (χ2v) is 14.0. The van der Waals surface area contributed by atoms with Crippen molar-refractivity contribution < 1.29 is 47.7 Å². The number of benzene rings is 2. The molecule has 4 fully saturated rings. The molecule has 7 unspecified atom stereocenters. The zero-order chi connectivity index (χ0) is 36.0. The Morgan fingerprint density at radius 2 is 1.02 bits per heavy atom. The normalized spacial score (nSPS) is 32.2. The third kappa shape index (κ3) is 4.88.